The van der Waals surface area contributed by atoms with Crippen LogP contribution >= 0.6 is 11.8 Å². The highest BCUT2D eigenvalue weighted by molar-refractivity contribution is 8.14. The fourth-order valence-electron chi connectivity index (χ4n) is 2.21. The quantitative estimate of drug-likeness (QED) is 0.665. The SMILES string of the molecule is CN1C(=O)N(C)C2SC(N/N=C/c3ccccc3F)=NC21. The third-order valence-electron chi connectivity index (χ3n) is 3.39. The van der Waals surface area contributed by atoms with Crippen LogP contribution in [0.5, 0.6) is 0 Å². The lowest BCUT2D eigenvalue weighted by atomic mass is 10.2. The first-order chi connectivity index (χ1) is 10.1. The van der Waals surface area contributed by atoms with E-state index in [1.165, 1.54) is 24.0 Å². The number of urea groups is 1. The largest absolute Gasteiger partial charge is 0.322 e. The van der Waals surface area contributed by atoms with Crippen LogP contribution in [0.2, 0.25) is 0 Å². The summed E-state index contributed by atoms with van der Waals surface area (Å²) in [5.74, 6) is -0.328. The normalized spacial score (nSPS) is 24.7. The van der Waals surface area contributed by atoms with Gasteiger partial charge in [0.15, 0.2) is 11.3 Å². The maximum Gasteiger partial charge on any atom is 0.322 e. The zero-order chi connectivity index (χ0) is 15.0. The number of amides is 2. The second-order valence-electron chi connectivity index (χ2n) is 4.75. The minimum atomic E-state index is -0.328. The Morgan fingerprint density at radius 3 is 2.86 bits per heavy atom. The van der Waals surface area contributed by atoms with E-state index in [0.29, 0.717) is 10.7 Å². The van der Waals surface area contributed by atoms with Crippen LogP contribution in [0.3, 0.4) is 0 Å². The smallest absolute Gasteiger partial charge is 0.311 e. The highest BCUT2D eigenvalue weighted by Gasteiger charge is 2.46. The summed E-state index contributed by atoms with van der Waals surface area (Å²) < 4.78 is 13.4. The topological polar surface area (TPSA) is 60.3 Å². The molecule has 2 atom stereocenters. The van der Waals surface area contributed by atoms with Gasteiger partial charge in [-0.25, -0.2) is 14.2 Å². The zero-order valence-electron chi connectivity index (χ0n) is 11.5. The maximum atomic E-state index is 13.4. The van der Waals surface area contributed by atoms with Crippen molar-refractivity contribution in [2.45, 2.75) is 11.5 Å². The molecule has 1 aromatic rings. The number of fused-ring (bicyclic) bond motifs is 1. The van der Waals surface area contributed by atoms with Gasteiger partial charge < -0.3 is 9.80 Å². The minimum Gasteiger partial charge on any atom is -0.311 e. The van der Waals surface area contributed by atoms with Crippen LogP contribution in [0.15, 0.2) is 34.4 Å². The summed E-state index contributed by atoms with van der Waals surface area (Å²) >= 11 is 1.43. The van der Waals surface area contributed by atoms with Crippen LogP contribution in [0, 0.1) is 5.82 Å². The van der Waals surface area contributed by atoms with Crippen molar-refractivity contribution in [1.82, 2.24) is 15.2 Å². The third kappa shape index (κ3) is 2.46. The van der Waals surface area contributed by atoms with E-state index < -0.39 is 0 Å². The van der Waals surface area contributed by atoms with E-state index >= 15 is 0 Å². The molecule has 2 aliphatic rings. The predicted molar refractivity (Wildman–Crippen MR) is 80.7 cm³/mol. The number of amidine groups is 1. The number of hydrogen-bond acceptors (Lipinski definition) is 5. The number of halogens is 1. The van der Waals surface area contributed by atoms with Gasteiger partial charge in [0.25, 0.3) is 0 Å². The van der Waals surface area contributed by atoms with Gasteiger partial charge in [-0.15, -0.1) is 0 Å². The van der Waals surface area contributed by atoms with Crippen LogP contribution in [0.4, 0.5) is 9.18 Å². The fraction of sp³-hybridized carbons (Fsp3) is 0.308. The van der Waals surface area contributed by atoms with Crippen molar-refractivity contribution < 1.29 is 9.18 Å². The predicted octanol–water partition coefficient (Wildman–Crippen LogP) is 1.50. The summed E-state index contributed by atoms with van der Waals surface area (Å²) in [6, 6.07) is 6.34. The van der Waals surface area contributed by atoms with Gasteiger partial charge in [0.2, 0.25) is 0 Å². The van der Waals surface area contributed by atoms with Crippen LogP contribution in [0.25, 0.3) is 0 Å². The van der Waals surface area contributed by atoms with Crippen molar-refractivity contribution in [3.8, 4) is 0 Å². The van der Waals surface area contributed by atoms with E-state index in [9.17, 15) is 9.18 Å². The molecule has 2 unspecified atom stereocenters. The number of aliphatic imine (C=N–C) groups is 1. The molecule has 110 valence electrons. The van der Waals surface area contributed by atoms with Gasteiger partial charge in [0, 0.05) is 19.7 Å². The molecule has 0 spiro atoms. The van der Waals surface area contributed by atoms with Crippen molar-refractivity contribution in [2.24, 2.45) is 10.1 Å². The second-order valence-corrected chi connectivity index (χ2v) is 5.86. The molecule has 2 aliphatic heterocycles. The Morgan fingerprint density at radius 2 is 2.14 bits per heavy atom. The third-order valence-corrected chi connectivity index (χ3v) is 4.61. The van der Waals surface area contributed by atoms with Gasteiger partial charge in [-0.1, -0.05) is 30.0 Å². The Bertz CT molecular complexity index is 635. The van der Waals surface area contributed by atoms with Gasteiger partial charge in [0.1, 0.15) is 11.2 Å². The average Bonchev–Trinajstić information content (AvgIpc) is 2.98. The molecule has 0 radical (unpaired) electrons. The summed E-state index contributed by atoms with van der Waals surface area (Å²) in [4.78, 5) is 19.4. The highest BCUT2D eigenvalue weighted by atomic mass is 32.2. The molecule has 1 fully saturated rings. The molecule has 0 bridgehead atoms. The van der Waals surface area contributed by atoms with E-state index in [1.807, 2.05) is 0 Å². The standard InChI is InChI=1S/C13H14FN5OS/c1-18-10-11(19(2)13(18)20)21-12(16-10)17-15-7-8-5-3-4-6-9(8)14/h3-7,10-11H,1-2H3,(H,16,17)/b15-7+. The van der Waals surface area contributed by atoms with Crippen LogP contribution in [-0.4, -0.2) is 52.8 Å². The van der Waals surface area contributed by atoms with Crippen molar-refractivity contribution in [3.05, 3.63) is 35.6 Å². The molecule has 1 saturated heterocycles. The number of likely N-dealkylation sites (N-methyl/N-ethyl adjacent to an activating group) is 2. The molecule has 2 heterocycles. The molecular weight excluding hydrogens is 293 g/mol. The van der Waals surface area contributed by atoms with E-state index in [-0.39, 0.29) is 23.4 Å². The van der Waals surface area contributed by atoms with Gasteiger partial charge in [-0.05, 0) is 6.07 Å². The lowest BCUT2D eigenvalue weighted by molar-refractivity contribution is 0.201. The number of carbonyl (C=O) groups is 1. The first kappa shape index (κ1) is 13.9. The monoisotopic (exact) mass is 307 g/mol. The van der Waals surface area contributed by atoms with E-state index in [4.69, 9.17) is 0 Å². The van der Waals surface area contributed by atoms with Gasteiger partial charge in [-0.2, -0.15) is 5.10 Å². The Morgan fingerprint density at radius 1 is 1.38 bits per heavy atom. The maximum absolute atomic E-state index is 13.4. The Labute approximate surface area is 125 Å². The summed E-state index contributed by atoms with van der Waals surface area (Å²) in [7, 11) is 3.47. The van der Waals surface area contributed by atoms with E-state index in [1.54, 1.807) is 42.1 Å². The Kier molecular flexibility index (Phi) is 3.54. The average molecular weight is 307 g/mol. The molecule has 1 aromatic carbocycles. The first-order valence-corrected chi connectivity index (χ1v) is 7.23. The number of hydrazone groups is 1. The van der Waals surface area contributed by atoms with Crippen LogP contribution < -0.4 is 5.43 Å². The summed E-state index contributed by atoms with van der Waals surface area (Å²) in [5, 5.41) is 4.56. The molecule has 3 rings (SSSR count). The molecule has 21 heavy (non-hydrogen) atoms. The number of thioether (sulfide) groups is 1. The van der Waals surface area contributed by atoms with E-state index in [2.05, 4.69) is 15.5 Å². The molecule has 0 saturated carbocycles. The Balaban J connectivity index is 1.66. The number of nitrogens with one attached hydrogen (secondary N) is 1. The number of carbonyl (C=O) groups excluding carboxylic acids is 1. The molecule has 0 aliphatic carbocycles. The number of hydrogen-bond donors (Lipinski definition) is 1. The zero-order valence-corrected chi connectivity index (χ0v) is 12.3. The molecule has 2 amide bonds. The summed E-state index contributed by atoms with van der Waals surface area (Å²) in [6.45, 7) is 0. The van der Waals surface area contributed by atoms with Gasteiger partial charge >= 0.3 is 6.03 Å². The van der Waals surface area contributed by atoms with Crippen LogP contribution in [0.1, 0.15) is 5.56 Å². The minimum absolute atomic E-state index is 0.0462. The highest BCUT2D eigenvalue weighted by Crippen LogP contribution is 2.35. The summed E-state index contributed by atoms with van der Waals surface area (Å²) in [5.41, 5.74) is 3.19. The second kappa shape index (κ2) is 5.36. The lowest BCUT2D eigenvalue weighted by Crippen LogP contribution is -2.30. The van der Waals surface area contributed by atoms with Gasteiger partial charge in [0.05, 0.1) is 6.21 Å². The van der Waals surface area contributed by atoms with Crippen molar-refractivity contribution >= 4 is 29.2 Å². The van der Waals surface area contributed by atoms with Crippen molar-refractivity contribution in [1.29, 1.82) is 0 Å². The van der Waals surface area contributed by atoms with Crippen LogP contribution in [-0.2, 0) is 0 Å². The molecule has 1 N–H and O–H groups in total. The van der Waals surface area contributed by atoms with E-state index in [0.717, 1.165) is 0 Å². The number of benzene rings is 1. The molecule has 0 aromatic heterocycles. The molecular formula is C13H14FN5OS. The molecule has 6 nitrogen and oxygen atoms in total. The van der Waals surface area contributed by atoms with Crippen molar-refractivity contribution in [2.75, 3.05) is 14.1 Å². The molecule has 8 heteroatoms. The fourth-order valence-corrected chi connectivity index (χ4v) is 3.33. The Hall–Kier alpha value is -2.09. The van der Waals surface area contributed by atoms with Crippen molar-refractivity contribution in [3.63, 3.8) is 0 Å². The summed E-state index contributed by atoms with van der Waals surface area (Å²) in [6.07, 6.45) is 1.20. The number of nitrogens with zero attached hydrogens (tertiary/aromatic N) is 4. The first-order valence-electron chi connectivity index (χ1n) is 6.35. The lowest BCUT2D eigenvalue weighted by Gasteiger charge is -2.14. The number of rotatable bonds is 2. The van der Waals surface area contributed by atoms with Gasteiger partial charge in [-0.3, -0.25) is 5.43 Å².